The van der Waals surface area contributed by atoms with Gasteiger partial charge in [0.25, 0.3) is 0 Å². The van der Waals surface area contributed by atoms with Crippen LogP contribution < -0.4 is 20.7 Å². The van der Waals surface area contributed by atoms with Crippen molar-refractivity contribution in [3.05, 3.63) is 72.3 Å². The van der Waals surface area contributed by atoms with E-state index in [-0.39, 0.29) is 24.5 Å². The fourth-order valence-electron chi connectivity index (χ4n) is 4.47. The number of amides is 2. The van der Waals surface area contributed by atoms with E-state index in [1.54, 1.807) is 0 Å². The van der Waals surface area contributed by atoms with Crippen molar-refractivity contribution in [2.24, 2.45) is 0 Å². The molecular formula is C33H45N3O4. The van der Waals surface area contributed by atoms with Crippen LogP contribution in [0.15, 0.2) is 66.7 Å². The molecule has 3 aromatic rings. The number of anilines is 1. The largest absolute Gasteiger partial charge is 0.490 e. The number of ether oxygens (including phenoxy) is 1. The van der Waals surface area contributed by atoms with Gasteiger partial charge < -0.3 is 25.8 Å². The highest BCUT2D eigenvalue weighted by Gasteiger charge is 2.10. The molecule has 0 saturated heterocycles. The maximum atomic E-state index is 12.3. The van der Waals surface area contributed by atoms with E-state index in [0.717, 1.165) is 66.4 Å². The fourth-order valence-corrected chi connectivity index (χ4v) is 4.47. The number of fused-ring (bicyclic) bond motifs is 1. The summed E-state index contributed by atoms with van der Waals surface area (Å²) in [6.45, 7) is 5.61. The number of hydrogen-bond donors (Lipinski definition) is 4. The van der Waals surface area contributed by atoms with E-state index < -0.39 is 6.10 Å². The monoisotopic (exact) mass is 547 g/mol. The van der Waals surface area contributed by atoms with Gasteiger partial charge in [-0.15, -0.1) is 0 Å². The zero-order chi connectivity index (χ0) is 28.6. The van der Waals surface area contributed by atoms with Gasteiger partial charge in [0.15, 0.2) is 0 Å². The van der Waals surface area contributed by atoms with Gasteiger partial charge in [0.05, 0.1) is 0 Å². The predicted octanol–water partition coefficient (Wildman–Crippen LogP) is 5.61. The van der Waals surface area contributed by atoms with Gasteiger partial charge in [0.1, 0.15) is 18.5 Å². The molecule has 40 heavy (non-hydrogen) atoms. The first kappa shape index (κ1) is 31.1. The van der Waals surface area contributed by atoms with Gasteiger partial charge in [0.2, 0.25) is 11.8 Å². The summed E-state index contributed by atoms with van der Waals surface area (Å²) in [6.07, 6.45) is 5.73. The van der Waals surface area contributed by atoms with E-state index in [9.17, 15) is 14.7 Å². The van der Waals surface area contributed by atoms with Crippen molar-refractivity contribution in [3.63, 3.8) is 0 Å². The van der Waals surface area contributed by atoms with Crippen molar-refractivity contribution >= 4 is 28.3 Å². The lowest BCUT2D eigenvalue weighted by atomic mass is 10.1. The number of aliphatic hydroxyl groups excluding tert-OH is 1. The van der Waals surface area contributed by atoms with Crippen LogP contribution in [-0.2, 0) is 16.0 Å². The minimum atomic E-state index is -0.610. The Morgan fingerprint density at radius 2 is 1.68 bits per heavy atom. The maximum Gasteiger partial charge on any atom is 0.224 e. The Labute approximate surface area is 238 Å². The lowest BCUT2D eigenvalue weighted by molar-refractivity contribution is -0.121. The van der Waals surface area contributed by atoms with Gasteiger partial charge in [0, 0.05) is 43.0 Å². The Hall–Kier alpha value is -3.42. The molecule has 0 fully saturated rings. The molecule has 3 rings (SSSR count). The summed E-state index contributed by atoms with van der Waals surface area (Å²) < 4.78 is 5.88. The number of unbranched alkanes of at least 4 members (excludes halogenated alkanes) is 2. The number of rotatable bonds is 18. The molecule has 0 aliphatic rings. The Balaban J connectivity index is 1.24. The summed E-state index contributed by atoms with van der Waals surface area (Å²) in [4.78, 5) is 24.2. The standard InChI is InChI=1S/C33H45N3O4/c1-3-4-22-34-32(38)21-18-26-16-19-28(20-17-26)36-33(39)15-8-5-10-25(2)35-23-29(37)24-40-31-14-9-12-27-11-6-7-13-30(27)31/h6-7,9,11-14,16-17,19-20,25,29,35,37H,3-5,8,10,15,18,21-24H2,1-2H3,(H,34,38)(H,36,39). The van der Waals surface area contributed by atoms with Crippen LogP contribution >= 0.6 is 0 Å². The van der Waals surface area contributed by atoms with Crippen LogP contribution in [-0.4, -0.2) is 48.8 Å². The van der Waals surface area contributed by atoms with Gasteiger partial charge in [-0.05, 0) is 61.8 Å². The van der Waals surface area contributed by atoms with Crippen molar-refractivity contribution in [3.8, 4) is 5.75 Å². The molecule has 3 aromatic carbocycles. The summed E-state index contributed by atoms with van der Waals surface area (Å²) in [7, 11) is 0. The number of carbonyl (C=O) groups is 2. The number of aliphatic hydroxyl groups is 1. The number of benzene rings is 3. The van der Waals surface area contributed by atoms with Crippen LogP contribution in [0.4, 0.5) is 5.69 Å². The van der Waals surface area contributed by atoms with Crippen LogP contribution in [0.3, 0.4) is 0 Å². The highest BCUT2D eigenvalue weighted by Crippen LogP contribution is 2.25. The molecule has 0 spiro atoms. The van der Waals surface area contributed by atoms with Gasteiger partial charge in [-0.3, -0.25) is 9.59 Å². The molecule has 0 saturated carbocycles. The van der Waals surface area contributed by atoms with Gasteiger partial charge in [-0.2, -0.15) is 0 Å². The van der Waals surface area contributed by atoms with E-state index in [1.165, 1.54) is 0 Å². The Morgan fingerprint density at radius 3 is 2.48 bits per heavy atom. The molecule has 4 N–H and O–H groups in total. The maximum absolute atomic E-state index is 12.3. The molecule has 0 aliphatic heterocycles. The Morgan fingerprint density at radius 1 is 0.900 bits per heavy atom. The molecule has 0 heterocycles. The molecule has 2 atom stereocenters. The molecule has 0 radical (unpaired) electrons. The van der Waals surface area contributed by atoms with E-state index in [1.807, 2.05) is 66.7 Å². The van der Waals surface area contributed by atoms with Gasteiger partial charge in [-0.1, -0.05) is 68.3 Å². The lowest BCUT2D eigenvalue weighted by Crippen LogP contribution is -2.36. The Kier molecular flexibility index (Phi) is 13.5. The minimum absolute atomic E-state index is 0.00433. The van der Waals surface area contributed by atoms with Crippen molar-refractivity contribution < 1.29 is 19.4 Å². The second-order valence-electron chi connectivity index (χ2n) is 10.4. The fraction of sp³-hybridized carbons (Fsp3) is 0.455. The van der Waals surface area contributed by atoms with E-state index in [4.69, 9.17) is 4.74 Å². The zero-order valence-electron chi connectivity index (χ0n) is 24.0. The quantitative estimate of drug-likeness (QED) is 0.155. The van der Waals surface area contributed by atoms with Gasteiger partial charge >= 0.3 is 0 Å². The molecular weight excluding hydrogens is 502 g/mol. The zero-order valence-corrected chi connectivity index (χ0v) is 24.0. The highest BCUT2D eigenvalue weighted by atomic mass is 16.5. The van der Waals surface area contributed by atoms with Crippen LogP contribution in [0.25, 0.3) is 10.8 Å². The number of carbonyl (C=O) groups excluding carboxylic acids is 2. The molecule has 0 aromatic heterocycles. The molecule has 0 aliphatic carbocycles. The molecule has 7 heteroatoms. The summed E-state index contributed by atoms with van der Waals surface area (Å²) in [5, 5.41) is 21.8. The number of nitrogens with one attached hydrogen (secondary N) is 3. The van der Waals surface area contributed by atoms with Crippen LogP contribution in [0, 0.1) is 0 Å². The van der Waals surface area contributed by atoms with E-state index in [0.29, 0.717) is 25.8 Å². The van der Waals surface area contributed by atoms with Crippen molar-refractivity contribution in [2.75, 3.05) is 25.0 Å². The third-order valence-electron chi connectivity index (χ3n) is 6.90. The van der Waals surface area contributed by atoms with Crippen LogP contribution in [0.1, 0.15) is 64.4 Å². The van der Waals surface area contributed by atoms with Crippen molar-refractivity contribution in [1.29, 1.82) is 0 Å². The average molecular weight is 548 g/mol. The predicted molar refractivity (Wildman–Crippen MR) is 163 cm³/mol. The second-order valence-corrected chi connectivity index (χ2v) is 10.4. The van der Waals surface area contributed by atoms with Gasteiger partial charge in [-0.25, -0.2) is 0 Å². The smallest absolute Gasteiger partial charge is 0.224 e. The van der Waals surface area contributed by atoms with Crippen molar-refractivity contribution in [2.45, 2.75) is 77.4 Å². The summed E-state index contributed by atoms with van der Waals surface area (Å²) in [5.41, 5.74) is 1.85. The normalized spacial score (nSPS) is 12.6. The average Bonchev–Trinajstić information content (AvgIpc) is 2.97. The first-order valence-corrected chi connectivity index (χ1v) is 14.6. The SMILES string of the molecule is CCCCNC(=O)CCc1ccc(NC(=O)CCCCC(C)NCC(O)COc2cccc3ccccc23)cc1. The minimum Gasteiger partial charge on any atom is -0.490 e. The molecule has 216 valence electrons. The number of aryl methyl sites for hydroxylation is 1. The lowest BCUT2D eigenvalue weighted by Gasteiger charge is -2.18. The first-order chi connectivity index (χ1) is 19.4. The van der Waals surface area contributed by atoms with E-state index >= 15 is 0 Å². The molecule has 0 bridgehead atoms. The second kappa shape index (κ2) is 17.3. The summed E-state index contributed by atoms with van der Waals surface area (Å²) in [6, 6.07) is 21.9. The van der Waals surface area contributed by atoms with Crippen LogP contribution in [0.2, 0.25) is 0 Å². The van der Waals surface area contributed by atoms with Crippen LogP contribution in [0.5, 0.6) is 5.75 Å². The first-order valence-electron chi connectivity index (χ1n) is 14.6. The topological polar surface area (TPSA) is 99.7 Å². The van der Waals surface area contributed by atoms with Crippen molar-refractivity contribution in [1.82, 2.24) is 10.6 Å². The molecule has 2 unspecified atom stereocenters. The highest BCUT2D eigenvalue weighted by molar-refractivity contribution is 5.90. The Bertz CT molecular complexity index is 1180. The van der Waals surface area contributed by atoms with E-state index in [2.05, 4.69) is 29.8 Å². The third kappa shape index (κ3) is 11.4. The summed E-state index contributed by atoms with van der Waals surface area (Å²) >= 11 is 0. The molecule has 2 amide bonds. The third-order valence-corrected chi connectivity index (χ3v) is 6.90. The summed E-state index contributed by atoms with van der Waals surface area (Å²) in [5.74, 6) is 0.865. The number of hydrogen-bond acceptors (Lipinski definition) is 5. The molecule has 7 nitrogen and oxygen atoms in total.